The van der Waals surface area contributed by atoms with E-state index in [-0.39, 0.29) is 17.9 Å². The molecule has 0 spiro atoms. The second-order valence-electron chi connectivity index (χ2n) is 7.96. The second-order valence-corrected chi connectivity index (χ2v) is 7.96. The summed E-state index contributed by atoms with van der Waals surface area (Å²) in [4.78, 5) is 32.0. The first kappa shape index (κ1) is 20.5. The molecule has 1 fully saturated rings. The summed E-state index contributed by atoms with van der Waals surface area (Å²) in [6.45, 7) is 6.06. The molecule has 5 heteroatoms. The highest BCUT2D eigenvalue weighted by molar-refractivity contribution is 6.46. The first-order valence-electron chi connectivity index (χ1n) is 10.2. The summed E-state index contributed by atoms with van der Waals surface area (Å²) >= 11 is 0. The van der Waals surface area contributed by atoms with Crippen LogP contribution >= 0.6 is 0 Å². The predicted octanol–water partition coefficient (Wildman–Crippen LogP) is 4.63. The minimum absolute atomic E-state index is 0.106. The van der Waals surface area contributed by atoms with E-state index in [4.69, 9.17) is 0 Å². The highest BCUT2D eigenvalue weighted by Gasteiger charge is 2.46. The molecular formula is C26H24N2O3. The molecular weight excluding hydrogens is 388 g/mol. The number of Topliss-reactive ketones (excluding diaryl/α,β-unsaturated/α-hetero) is 1. The van der Waals surface area contributed by atoms with Gasteiger partial charge in [-0.1, -0.05) is 48.0 Å². The first-order valence-corrected chi connectivity index (χ1v) is 10.2. The molecule has 0 radical (unpaired) electrons. The van der Waals surface area contributed by atoms with E-state index in [0.29, 0.717) is 11.3 Å². The number of aryl methyl sites for hydroxylation is 3. The van der Waals surface area contributed by atoms with Crippen LogP contribution in [0.25, 0.3) is 5.76 Å². The van der Waals surface area contributed by atoms with Crippen LogP contribution in [0.2, 0.25) is 0 Å². The third kappa shape index (κ3) is 3.87. The fourth-order valence-corrected chi connectivity index (χ4v) is 3.94. The van der Waals surface area contributed by atoms with Gasteiger partial charge in [0.15, 0.2) is 0 Å². The highest BCUT2D eigenvalue weighted by atomic mass is 16.3. The molecule has 1 amide bonds. The summed E-state index contributed by atoms with van der Waals surface area (Å²) in [5.74, 6) is -1.47. The number of aliphatic hydroxyl groups is 1. The normalized spacial score (nSPS) is 17.9. The Morgan fingerprint density at radius 1 is 0.968 bits per heavy atom. The molecule has 0 aliphatic carbocycles. The van der Waals surface area contributed by atoms with Gasteiger partial charge in [-0.25, -0.2) is 0 Å². The third-order valence-electron chi connectivity index (χ3n) is 5.74. The topological polar surface area (TPSA) is 70.5 Å². The number of hydrogen-bond donors (Lipinski definition) is 1. The van der Waals surface area contributed by atoms with E-state index in [9.17, 15) is 14.7 Å². The Morgan fingerprint density at radius 3 is 2.45 bits per heavy atom. The molecule has 5 nitrogen and oxygen atoms in total. The van der Waals surface area contributed by atoms with Crippen molar-refractivity contribution in [1.29, 1.82) is 0 Å². The molecule has 1 aromatic heterocycles. The van der Waals surface area contributed by atoms with Crippen molar-refractivity contribution in [3.05, 3.63) is 106 Å². The van der Waals surface area contributed by atoms with Crippen LogP contribution in [0.3, 0.4) is 0 Å². The van der Waals surface area contributed by atoms with Crippen molar-refractivity contribution in [3.8, 4) is 0 Å². The van der Waals surface area contributed by atoms with Crippen molar-refractivity contribution in [2.75, 3.05) is 0 Å². The predicted molar refractivity (Wildman–Crippen MR) is 119 cm³/mol. The molecule has 1 saturated heterocycles. The Bertz CT molecular complexity index is 1200. The number of carbonyl (C=O) groups is 2. The van der Waals surface area contributed by atoms with Gasteiger partial charge in [-0.3, -0.25) is 14.6 Å². The molecule has 2 heterocycles. The van der Waals surface area contributed by atoms with Gasteiger partial charge in [-0.15, -0.1) is 0 Å². The van der Waals surface area contributed by atoms with Crippen LogP contribution in [-0.2, 0) is 16.1 Å². The molecule has 1 atom stereocenters. The zero-order valence-corrected chi connectivity index (χ0v) is 17.8. The van der Waals surface area contributed by atoms with Crippen molar-refractivity contribution in [3.63, 3.8) is 0 Å². The molecule has 1 aliphatic heterocycles. The van der Waals surface area contributed by atoms with Gasteiger partial charge in [0.25, 0.3) is 11.7 Å². The summed E-state index contributed by atoms with van der Waals surface area (Å²) in [6.07, 6.45) is 1.66. The average Bonchev–Trinajstić information content (AvgIpc) is 3.01. The molecule has 2 aromatic carbocycles. The molecule has 1 unspecified atom stereocenters. The SMILES string of the molecule is Cc1cccc(C2/C(=C(/O)c3ccc(C)c(C)c3)C(=O)C(=O)N2Cc2ccccn2)c1. The van der Waals surface area contributed by atoms with E-state index in [1.807, 2.05) is 69.3 Å². The quantitative estimate of drug-likeness (QED) is 0.385. The zero-order chi connectivity index (χ0) is 22.1. The number of aliphatic hydroxyl groups excluding tert-OH is 1. The number of nitrogens with zero attached hydrogens (tertiary/aromatic N) is 2. The molecule has 156 valence electrons. The Morgan fingerprint density at radius 2 is 1.77 bits per heavy atom. The lowest BCUT2D eigenvalue weighted by molar-refractivity contribution is -0.140. The Kier molecular flexibility index (Phi) is 5.42. The summed E-state index contributed by atoms with van der Waals surface area (Å²) in [5, 5.41) is 11.2. The molecule has 3 aromatic rings. The van der Waals surface area contributed by atoms with Crippen LogP contribution in [0.4, 0.5) is 0 Å². The van der Waals surface area contributed by atoms with Gasteiger partial charge in [-0.05, 0) is 55.7 Å². The Hall–Kier alpha value is -3.73. The molecule has 0 bridgehead atoms. The minimum atomic E-state index is -0.691. The summed E-state index contributed by atoms with van der Waals surface area (Å²) in [6, 6.07) is 17.9. The maximum Gasteiger partial charge on any atom is 0.296 e. The van der Waals surface area contributed by atoms with E-state index in [0.717, 1.165) is 22.3 Å². The van der Waals surface area contributed by atoms with Gasteiger partial charge in [-0.2, -0.15) is 0 Å². The third-order valence-corrected chi connectivity index (χ3v) is 5.74. The number of rotatable bonds is 4. The van der Waals surface area contributed by atoms with E-state index in [1.165, 1.54) is 4.90 Å². The van der Waals surface area contributed by atoms with Crippen LogP contribution in [0.15, 0.2) is 72.4 Å². The van der Waals surface area contributed by atoms with Crippen molar-refractivity contribution in [1.82, 2.24) is 9.88 Å². The van der Waals surface area contributed by atoms with Gasteiger partial charge in [0.1, 0.15) is 5.76 Å². The average molecular weight is 412 g/mol. The monoisotopic (exact) mass is 412 g/mol. The fraction of sp³-hybridized carbons (Fsp3) is 0.192. The Balaban J connectivity index is 1.88. The second kappa shape index (κ2) is 8.19. The van der Waals surface area contributed by atoms with Gasteiger partial charge < -0.3 is 10.0 Å². The van der Waals surface area contributed by atoms with Crippen LogP contribution in [0.1, 0.15) is 39.6 Å². The molecule has 0 saturated carbocycles. The zero-order valence-electron chi connectivity index (χ0n) is 17.8. The highest BCUT2D eigenvalue weighted by Crippen LogP contribution is 2.40. The number of amides is 1. The first-order chi connectivity index (χ1) is 14.9. The number of pyridine rings is 1. The van der Waals surface area contributed by atoms with E-state index in [1.54, 1.807) is 18.3 Å². The number of aromatic nitrogens is 1. The molecule has 4 rings (SSSR count). The molecule has 1 N–H and O–H groups in total. The number of ketones is 1. The number of likely N-dealkylation sites (tertiary alicyclic amines) is 1. The Labute approximate surface area is 181 Å². The molecule has 31 heavy (non-hydrogen) atoms. The van der Waals surface area contributed by atoms with Gasteiger partial charge in [0, 0.05) is 11.8 Å². The lowest BCUT2D eigenvalue weighted by atomic mass is 9.93. The lowest BCUT2D eigenvalue weighted by Gasteiger charge is -2.25. The molecule has 1 aliphatic rings. The fourth-order valence-electron chi connectivity index (χ4n) is 3.94. The van der Waals surface area contributed by atoms with Crippen LogP contribution in [0, 0.1) is 20.8 Å². The standard InChI is InChI=1S/C26H24N2O3/c1-16-7-6-8-19(13-16)23-22(24(29)20-11-10-17(2)18(3)14-20)25(30)26(31)28(23)15-21-9-4-5-12-27-21/h4-14,23,29H,15H2,1-3H3/b24-22-. The summed E-state index contributed by atoms with van der Waals surface area (Å²) in [5.41, 5.74) is 5.17. The van der Waals surface area contributed by atoms with Gasteiger partial charge >= 0.3 is 0 Å². The summed E-state index contributed by atoms with van der Waals surface area (Å²) < 4.78 is 0. The largest absolute Gasteiger partial charge is 0.507 e. The van der Waals surface area contributed by atoms with Crippen LogP contribution in [0.5, 0.6) is 0 Å². The minimum Gasteiger partial charge on any atom is -0.507 e. The van der Waals surface area contributed by atoms with E-state index < -0.39 is 17.7 Å². The lowest BCUT2D eigenvalue weighted by Crippen LogP contribution is -2.29. The van der Waals surface area contributed by atoms with E-state index >= 15 is 0 Å². The van der Waals surface area contributed by atoms with Crippen LogP contribution in [-0.4, -0.2) is 26.7 Å². The number of carbonyl (C=O) groups excluding carboxylic acids is 2. The van der Waals surface area contributed by atoms with Crippen LogP contribution < -0.4 is 0 Å². The van der Waals surface area contributed by atoms with Gasteiger partial charge in [0.2, 0.25) is 0 Å². The maximum absolute atomic E-state index is 13.1. The smallest absolute Gasteiger partial charge is 0.296 e. The van der Waals surface area contributed by atoms with Crippen molar-refractivity contribution in [2.45, 2.75) is 33.4 Å². The van der Waals surface area contributed by atoms with Crippen molar-refractivity contribution < 1.29 is 14.7 Å². The van der Waals surface area contributed by atoms with Gasteiger partial charge in [0.05, 0.1) is 23.9 Å². The van der Waals surface area contributed by atoms with Crippen molar-refractivity contribution in [2.24, 2.45) is 0 Å². The van der Waals surface area contributed by atoms with E-state index in [2.05, 4.69) is 4.98 Å². The number of benzene rings is 2. The summed E-state index contributed by atoms with van der Waals surface area (Å²) in [7, 11) is 0. The number of hydrogen-bond acceptors (Lipinski definition) is 4. The van der Waals surface area contributed by atoms with Crippen molar-refractivity contribution >= 4 is 17.4 Å². The maximum atomic E-state index is 13.1.